The molecule has 1 aromatic heterocycles. The molecule has 26 heavy (non-hydrogen) atoms. The third kappa shape index (κ3) is 5.70. The Morgan fingerprint density at radius 1 is 1.27 bits per heavy atom. The van der Waals surface area contributed by atoms with Gasteiger partial charge in [-0.2, -0.15) is 0 Å². The Morgan fingerprint density at radius 2 is 1.96 bits per heavy atom. The van der Waals surface area contributed by atoms with Crippen molar-refractivity contribution in [2.45, 2.75) is 19.9 Å². The second kappa shape index (κ2) is 9.53. The summed E-state index contributed by atoms with van der Waals surface area (Å²) < 4.78 is 0.832. The van der Waals surface area contributed by atoms with Crippen LogP contribution < -0.4 is 10.6 Å². The van der Waals surface area contributed by atoms with Crippen molar-refractivity contribution < 1.29 is 4.79 Å². The lowest BCUT2D eigenvalue weighted by Gasteiger charge is -2.29. The first-order chi connectivity index (χ1) is 12.4. The number of hydrogen-bond donors (Lipinski definition) is 4. The van der Waals surface area contributed by atoms with Crippen LogP contribution in [0.15, 0.2) is 36.2 Å². The summed E-state index contributed by atoms with van der Waals surface area (Å²) in [6, 6.07) is 0.140. The fourth-order valence-electron chi connectivity index (χ4n) is 2.39. The standard InChI is InChI=1S/C17H22IN7O/c1-11(13-3-4-15(19)16(20)7-13)25(10-18)6-5-21-17-22-8-14(9-23-17)24-12(2)26/h3-4,7-9,11,19-20H,5-6,10H2,1-2H3,(H,24,26)(H,21,22,23). The number of aromatic nitrogens is 2. The molecule has 0 fully saturated rings. The number of hydrogen-bond acceptors (Lipinski definition) is 7. The zero-order valence-electron chi connectivity index (χ0n) is 14.7. The van der Waals surface area contributed by atoms with Gasteiger partial charge >= 0.3 is 0 Å². The fourth-order valence-corrected chi connectivity index (χ4v) is 3.32. The van der Waals surface area contributed by atoms with E-state index in [1.165, 1.54) is 6.92 Å². The minimum Gasteiger partial charge on any atom is -0.353 e. The van der Waals surface area contributed by atoms with E-state index in [9.17, 15) is 4.79 Å². The lowest BCUT2D eigenvalue weighted by molar-refractivity contribution is -0.114. The van der Waals surface area contributed by atoms with Crippen LogP contribution in [0, 0.1) is 10.8 Å². The summed E-state index contributed by atoms with van der Waals surface area (Å²) in [6.45, 7) is 4.97. The van der Waals surface area contributed by atoms with Gasteiger partial charge in [-0.1, -0.05) is 28.7 Å². The lowest BCUT2D eigenvalue weighted by atomic mass is 9.98. The number of carbonyl (C=O) groups is 1. The van der Waals surface area contributed by atoms with Crippen LogP contribution in [0.2, 0.25) is 0 Å². The van der Waals surface area contributed by atoms with Crippen molar-refractivity contribution in [3.63, 3.8) is 0 Å². The Morgan fingerprint density at radius 3 is 2.54 bits per heavy atom. The predicted molar refractivity (Wildman–Crippen MR) is 113 cm³/mol. The van der Waals surface area contributed by atoms with Gasteiger partial charge in [-0.3, -0.25) is 20.5 Å². The number of halogens is 1. The minimum atomic E-state index is -0.157. The first-order valence-corrected chi connectivity index (χ1v) is 9.64. The van der Waals surface area contributed by atoms with E-state index in [0.29, 0.717) is 18.2 Å². The summed E-state index contributed by atoms with van der Waals surface area (Å²) in [5, 5.41) is 21.2. The normalized spacial score (nSPS) is 15.0. The number of carbonyl (C=O) groups excluding carboxylic acids is 1. The van der Waals surface area contributed by atoms with Gasteiger partial charge in [0.05, 0.1) is 34.1 Å². The zero-order valence-corrected chi connectivity index (χ0v) is 16.9. The van der Waals surface area contributed by atoms with Crippen molar-refractivity contribution >= 4 is 51.6 Å². The van der Waals surface area contributed by atoms with E-state index in [1.807, 2.05) is 6.08 Å². The van der Waals surface area contributed by atoms with Crippen molar-refractivity contribution in [1.29, 1.82) is 10.8 Å². The summed E-state index contributed by atoms with van der Waals surface area (Å²) >= 11 is 2.32. The van der Waals surface area contributed by atoms with Gasteiger partial charge in [-0.15, -0.1) is 0 Å². The molecular weight excluding hydrogens is 445 g/mol. The molecule has 8 nitrogen and oxygen atoms in total. The van der Waals surface area contributed by atoms with Crippen LogP contribution in [0.5, 0.6) is 0 Å². The monoisotopic (exact) mass is 467 g/mol. The first kappa shape index (κ1) is 20.2. The van der Waals surface area contributed by atoms with E-state index >= 15 is 0 Å². The van der Waals surface area contributed by atoms with Gasteiger partial charge in [0.25, 0.3) is 0 Å². The molecule has 1 aliphatic carbocycles. The Kier molecular flexibility index (Phi) is 7.39. The Labute approximate surface area is 166 Å². The minimum absolute atomic E-state index is 0.140. The van der Waals surface area contributed by atoms with Crippen LogP contribution in [0.25, 0.3) is 0 Å². The molecule has 1 amide bonds. The number of allylic oxidation sites excluding steroid dienone is 2. The molecule has 0 aliphatic heterocycles. The molecule has 1 aromatic rings. The molecule has 4 N–H and O–H groups in total. The van der Waals surface area contributed by atoms with Crippen molar-refractivity contribution in [2.24, 2.45) is 0 Å². The second-order valence-corrected chi connectivity index (χ2v) is 6.50. The highest BCUT2D eigenvalue weighted by atomic mass is 127. The number of amides is 1. The molecule has 9 heteroatoms. The molecule has 1 aliphatic rings. The maximum atomic E-state index is 11.0. The van der Waals surface area contributed by atoms with Crippen molar-refractivity contribution in [1.82, 2.24) is 14.9 Å². The number of rotatable bonds is 8. The van der Waals surface area contributed by atoms with E-state index < -0.39 is 0 Å². The first-order valence-electron chi connectivity index (χ1n) is 8.11. The fraction of sp³-hybridized carbons (Fsp3) is 0.353. The summed E-state index contributed by atoms with van der Waals surface area (Å²) in [6.07, 6.45) is 8.45. The van der Waals surface area contributed by atoms with E-state index in [1.54, 1.807) is 24.5 Å². The van der Waals surface area contributed by atoms with Crippen LogP contribution in [-0.4, -0.2) is 55.9 Å². The largest absolute Gasteiger partial charge is 0.353 e. The van der Waals surface area contributed by atoms with E-state index in [-0.39, 0.29) is 23.4 Å². The molecule has 1 atom stereocenters. The van der Waals surface area contributed by atoms with Crippen LogP contribution in [-0.2, 0) is 4.79 Å². The van der Waals surface area contributed by atoms with Crippen LogP contribution in [0.3, 0.4) is 0 Å². The van der Waals surface area contributed by atoms with Gasteiger partial charge in [0.1, 0.15) is 0 Å². The third-order valence-electron chi connectivity index (χ3n) is 3.88. The highest BCUT2D eigenvalue weighted by Crippen LogP contribution is 2.16. The van der Waals surface area contributed by atoms with Crippen LogP contribution in [0.1, 0.15) is 13.8 Å². The predicted octanol–water partition coefficient (Wildman–Crippen LogP) is 2.47. The SMILES string of the molecule is CC(=O)Nc1cnc(NCCN(CI)C(C)C2=CC(=N)C(=N)C=C2)nc1. The molecule has 0 radical (unpaired) electrons. The van der Waals surface area contributed by atoms with E-state index in [0.717, 1.165) is 16.7 Å². The molecule has 0 aromatic carbocycles. The Balaban J connectivity index is 1.87. The summed E-state index contributed by atoms with van der Waals surface area (Å²) in [5.74, 6) is 0.349. The topological polar surface area (TPSA) is 118 Å². The van der Waals surface area contributed by atoms with Crippen LogP contribution >= 0.6 is 22.6 Å². The summed E-state index contributed by atoms with van der Waals surface area (Å²) in [4.78, 5) is 21.6. The molecule has 138 valence electrons. The van der Waals surface area contributed by atoms with Crippen LogP contribution in [0.4, 0.5) is 11.6 Å². The number of nitrogens with one attached hydrogen (secondary N) is 4. The van der Waals surface area contributed by atoms with Gasteiger partial charge in [-0.05, 0) is 24.6 Å². The molecule has 2 rings (SSSR count). The van der Waals surface area contributed by atoms with Gasteiger partial charge < -0.3 is 10.6 Å². The summed E-state index contributed by atoms with van der Waals surface area (Å²) in [5.41, 5.74) is 2.07. The molecule has 0 bridgehead atoms. The van der Waals surface area contributed by atoms with Gasteiger partial charge in [0.15, 0.2) is 0 Å². The highest BCUT2D eigenvalue weighted by molar-refractivity contribution is 14.1. The molecule has 1 heterocycles. The van der Waals surface area contributed by atoms with E-state index in [2.05, 4.69) is 55.0 Å². The van der Waals surface area contributed by atoms with E-state index in [4.69, 9.17) is 10.8 Å². The lowest BCUT2D eigenvalue weighted by Crippen LogP contribution is -2.37. The smallest absolute Gasteiger partial charge is 0.222 e. The zero-order chi connectivity index (χ0) is 19.1. The maximum Gasteiger partial charge on any atom is 0.222 e. The van der Waals surface area contributed by atoms with Crippen molar-refractivity contribution in [3.8, 4) is 0 Å². The molecule has 1 unspecified atom stereocenters. The highest BCUT2D eigenvalue weighted by Gasteiger charge is 2.18. The van der Waals surface area contributed by atoms with Gasteiger partial charge in [-0.25, -0.2) is 9.97 Å². The number of nitrogens with zero attached hydrogens (tertiary/aromatic N) is 3. The Hall–Kier alpha value is -2.14. The average Bonchev–Trinajstić information content (AvgIpc) is 2.61. The number of anilines is 2. The maximum absolute atomic E-state index is 11.0. The van der Waals surface area contributed by atoms with Gasteiger partial charge in [0, 0.05) is 26.1 Å². The number of alkyl halides is 1. The van der Waals surface area contributed by atoms with Crippen molar-refractivity contribution in [2.75, 3.05) is 28.3 Å². The molecule has 0 spiro atoms. The molecule has 0 saturated carbocycles. The Bertz CT molecular complexity index is 742. The second-order valence-electron chi connectivity index (χ2n) is 5.82. The summed E-state index contributed by atoms with van der Waals surface area (Å²) in [7, 11) is 0. The molecular formula is C17H22IN7O. The quantitative estimate of drug-likeness (QED) is 0.203. The van der Waals surface area contributed by atoms with Gasteiger partial charge in [0.2, 0.25) is 11.9 Å². The third-order valence-corrected chi connectivity index (χ3v) is 4.76. The molecule has 0 saturated heterocycles. The average molecular weight is 467 g/mol. The van der Waals surface area contributed by atoms with Crippen molar-refractivity contribution in [3.05, 3.63) is 36.2 Å².